The lowest BCUT2D eigenvalue weighted by Crippen LogP contribution is -2.47. The second-order valence-electron chi connectivity index (χ2n) is 10.9. The zero-order chi connectivity index (χ0) is 28.7. The molecule has 1 N–H and O–H groups in total. The van der Waals surface area contributed by atoms with E-state index >= 15 is 0 Å². The van der Waals surface area contributed by atoms with Crippen LogP contribution in [0.3, 0.4) is 0 Å². The Labute approximate surface area is 247 Å². The molecule has 2 aliphatic rings. The van der Waals surface area contributed by atoms with E-state index in [2.05, 4.69) is 51.2 Å². The summed E-state index contributed by atoms with van der Waals surface area (Å²) in [5.74, 6) is 0. The minimum absolute atomic E-state index is 0.145. The fraction of sp³-hybridized carbons (Fsp3) is 0.567. The predicted molar refractivity (Wildman–Crippen MR) is 167 cm³/mol. The van der Waals surface area contributed by atoms with Crippen molar-refractivity contribution in [1.29, 1.82) is 0 Å². The fourth-order valence-corrected chi connectivity index (χ4v) is 6.58. The molecule has 0 aliphatic carbocycles. The Morgan fingerprint density at radius 1 is 1.02 bits per heavy atom. The highest BCUT2D eigenvalue weighted by Gasteiger charge is 2.37. The quantitative estimate of drug-likeness (QED) is 0.210. The number of alkyl halides is 3. The van der Waals surface area contributed by atoms with E-state index in [1.165, 1.54) is 17.3 Å². The molecule has 2 aromatic carbocycles. The second-order valence-corrected chi connectivity index (χ2v) is 12.7. The van der Waals surface area contributed by atoms with Crippen LogP contribution in [0.5, 0.6) is 0 Å². The summed E-state index contributed by atoms with van der Waals surface area (Å²) >= 11 is 6.33. The maximum Gasteiger partial charge on any atom is 0.421 e. The Morgan fingerprint density at radius 2 is 1.70 bits per heavy atom. The molecule has 0 unspecified atom stereocenters. The monoisotopic (exact) mass is 594 g/mol. The van der Waals surface area contributed by atoms with E-state index in [4.69, 9.17) is 12.2 Å². The second kappa shape index (κ2) is 14.2. The summed E-state index contributed by atoms with van der Waals surface area (Å²) < 4.78 is 43.1. The van der Waals surface area contributed by atoms with Crippen LogP contribution in [0.15, 0.2) is 47.4 Å². The van der Waals surface area contributed by atoms with Crippen molar-refractivity contribution >= 4 is 40.5 Å². The minimum atomic E-state index is -4.38. The van der Waals surface area contributed by atoms with E-state index in [9.17, 15) is 13.2 Å². The number of halogens is 3. The first-order valence-electron chi connectivity index (χ1n) is 14.3. The Kier molecular flexibility index (Phi) is 11.0. The van der Waals surface area contributed by atoms with Gasteiger partial charge in [0.15, 0.2) is 4.90 Å². The number of piperidine rings is 1. The Morgan fingerprint density at radius 3 is 2.33 bits per heavy atom. The fourth-order valence-electron chi connectivity index (χ4n) is 5.30. The molecule has 40 heavy (non-hydrogen) atoms. The van der Waals surface area contributed by atoms with Crippen LogP contribution < -0.4 is 10.2 Å². The lowest BCUT2D eigenvalue weighted by atomic mass is 10.0. The van der Waals surface area contributed by atoms with Crippen LogP contribution >= 0.6 is 12.2 Å². The van der Waals surface area contributed by atoms with E-state index < -0.39 is 11.7 Å². The van der Waals surface area contributed by atoms with Crippen LogP contribution in [0.4, 0.5) is 24.5 Å². The van der Waals surface area contributed by atoms with Crippen molar-refractivity contribution in [1.82, 2.24) is 14.1 Å². The molecule has 0 bridgehead atoms. The summed E-state index contributed by atoms with van der Waals surface area (Å²) in [5, 5.41) is 3.35. The Balaban J connectivity index is 1.17. The number of benzene rings is 2. The third-order valence-corrected chi connectivity index (χ3v) is 9.58. The number of hydrogen-bond acceptors (Lipinski definition) is 5. The van der Waals surface area contributed by atoms with Crippen molar-refractivity contribution in [2.75, 3.05) is 69.6 Å². The van der Waals surface area contributed by atoms with E-state index in [0.717, 1.165) is 76.5 Å². The van der Waals surface area contributed by atoms with Gasteiger partial charge >= 0.3 is 6.18 Å². The van der Waals surface area contributed by atoms with E-state index in [1.54, 1.807) is 12.1 Å². The topological polar surface area (TPSA) is 25.0 Å². The van der Waals surface area contributed by atoms with Crippen LogP contribution in [0, 0.1) is 6.92 Å². The van der Waals surface area contributed by atoms with Crippen molar-refractivity contribution in [2.24, 2.45) is 0 Å². The molecule has 0 aromatic heterocycles. The highest BCUT2D eigenvalue weighted by molar-refractivity contribution is 7.80. The van der Waals surface area contributed by atoms with E-state index in [1.807, 2.05) is 18.3 Å². The molecule has 0 radical (unpaired) electrons. The van der Waals surface area contributed by atoms with Gasteiger partial charge < -0.3 is 15.1 Å². The van der Waals surface area contributed by atoms with Crippen molar-refractivity contribution in [3.63, 3.8) is 0 Å². The first-order valence-corrected chi connectivity index (χ1v) is 15.6. The summed E-state index contributed by atoms with van der Waals surface area (Å²) in [6.07, 6.45) is -0.686. The molecule has 2 aliphatic heterocycles. The van der Waals surface area contributed by atoms with Crippen LogP contribution in [-0.4, -0.2) is 84.5 Å². The van der Waals surface area contributed by atoms with Crippen LogP contribution in [-0.2, 0) is 18.1 Å². The molecule has 5 nitrogen and oxygen atoms in total. The zero-order valence-corrected chi connectivity index (χ0v) is 25.6. The molecule has 0 amide bonds. The summed E-state index contributed by atoms with van der Waals surface area (Å²) in [5.41, 5.74) is 2.57. The lowest BCUT2D eigenvalue weighted by Gasteiger charge is -2.37. The normalized spacial score (nSPS) is 17.5. The molecule has 0 saturated carbocycles. The number of likely N-dealkylation sites (tertiary alicyclic amines) is 1. The predicted octanol–water partition coefficient (Wildman–Crippen LogP) is 5.86. The highest BCUT2D eigenvalue weighted by Crippen LogP contribution is 2.35. The van der Waals surface area contributed by atoms with Crippen molar-refractivity contribution in [3.05, 3.63) is 53.6 Å². The summed E-state index contributed by atoms with van der Waals surface area (Å²) in [6, 6.07) is 13.6. The van der Waals surface area contributed by atoms with Gasteiger partial charge in [-0.05, 0) is 76.4 Å². The van der Waals surface area contributed by atoms with Crippen molar-refractivity contribution in [2.45, 2.75) is 56.6 Å². The molecular weight excluding hydrogens is 551 g/mol. The maximum absolute atomic E-state index is 13.7. The standard InChI is InChI=1S/C30H42F3N5S2/c1-4-35(3)40-28-12-9-25(22-27(28)30(31,32)33)34-24-13-16-38(17-14-24)29(39)6-5-15-36-18-20-37(21-19-36)26-10-7-23(2)8-11-26/h7-12,22,24,34H,4-6,13-21H2,1-3H3/p+1. The molecule has 2 fully saturated rings. The number of hydrogen-bond donors (Lipinski definition) is 1. The smallest absolute Gasteiger partial charge is 0.382 e. The molecule has 2 heterocycles. The SMILES string of the molecule is CCN(C)[SH+]c1ccc(NC2CCN(C(=S)CCCN3CCN(c4ccc(C)cc4)CC3)CC2)cc1C(F)(F)F. The van der Waals surface area contributed by atoms with Gasteiger partial charge in [0.1, 0.15) is 5.56 Å². The van der Waals surface area contributed by atoms with Crippen LogP contribution in [0.25, 0.3) is 0 Å². The number of thiol groups is 1. The Hall–Kier alpha value is -2.01. The van der Waals surface area contributed by atoms with Gasteiger partial charge in [0, 0.05) is 70.3 Å². The molecule has 2 saturated heterocycles. The van der Waals surface area contributed by atoms with Gasteiger partial charge in [0.25, 0.3) is 0 Å². The first-order chi connectivity index (χ1) is 19.1. The Bertz CT molecular complexity index is 1100. The number of nitrogens with zero attached hydrogens (tertiary/aromatic N) is 4. The van der Waals surface area contributed by atoms with Crippen LogP contribution in [0.2, 0.25) is 0 Å². The van der Waals surface area contributed by atoms with E-state index in [0.29, 0.717) is 24.2 Å². The molecule has 0 spiro atoms. The van der Waals surface area contributed by atoms with Crippen LogP contribution in [0.1, 0.15) is 43.7 Å². The van der Waals surface area contributed by atoms with E-state index in [-0.39, 0.29) is 10.9 Å². The summed E-state index contributed by atoms with van der Waals surface area (Å²) in [4.78, 5) is 8.58. The number of nitrogens with one attached hydrogen (secondary N) is 1. The third kappa shape index (κ3) is 8.74. The van der Waals surface area contributed by atoms with Gasteiger partial charge in [-0.25, -0.2) is 0 Å². The van der Waals surface area contributed by atoms with Gasteiger partial charge in [-0.15, -0.1) is 4.31 Å². The van der Waals surface area contributed by atoms with Gasteiger partial charge in [0.05, 0.1) is 16.9 Å². The summed E-state index contributed by atoms with van der Waals surface area (Å²) in [7, 11) is 1.82. The highest BCUT2D eigenvalue weighted by atomic mass is 32.2. The average molecular weight is 595 g/mol. The lowest BCUT2D eigenvalue weighted by molar-refractivity contribution is -0.139. The molecular formula is C30H43F3N5S2+. The largest absolute Gasteiger partial charge is 0.421 e. The first kappa shape index (κ1) is 30.9. The maximum atomic E-state index is 13.7. The number of piperazine rings is 1. The molecule has 2 aromatic rings. The molecule has 0 atom stereocenters. The minimum Gasteiger partial charge on any atom is -0.382 e. The van der Waals surface area contributed by atoms with Gasteiger partial charge in [-0.2, -0.15) is 13.2 Å². The molecule has 220 valence electrons. The molecule has 4 rings (SSSR count). The summed E-state index contributed by atoms with van der Waals surface area (Å²) in [6.45, 7) is 11.7. The van der Waals surface area contributed by atoms with Gasteiger partial charge in [-0.3, -0.25) is 4.90 Å². The number of anilines is 2. The number of thiocarbonyl (C=S) groups is 1. The average Bonchev–Trinajstić information content (AvgIpc) is 2.94. The van der Waals surface area contributed by atoms with Gasteiger partial charge in [0.2, 0.25) is 0 Å². The molecule has 10 heteroatoms. The third-order valence-electron chi connectivity index (χ3n) is 7.89. The number of rotatable bonds is 10. The van der Waals surface area contributed by atoms with Gasteiger partial charge in [-0.1, -0.05) is 29.9 Å². The van der Waals surface area contributed by atoms with Crippen molar-refractivity contribution < 1.29 is 13.2 Å². The van der Waals surface area contributed by atoms with Crippen molar-refractivity contribution in [3.8, 4) is 0 Å². The number of aryl methyl sites for hydroxylation is 1. The zero-order valence-electron chi connectivity index (χ0n) is 23.9.